The first-order valence-electron chi connectivity index (χ1n) is 7.02. The predicted molar refractivity (Wildman–Crippen MR) is 89.5 cm³/mol. The molecule has 0 aliphatic carbocycles. The molecule has 0 aliphatic rings. The van der Waals surface area contributed by atoms with Crippen molar-refractivity contribution in [2.75, 3.05) is 12.4 Å². The lowest BCUT2D eigenvalue weighted by molar-refractivity contribution is -0.126. The molecule has 0 spiro atoms. The van der Waals surface area contributed by atoms with E-state index in [4.69, 9.17) is 16.3 Å². The van der Waals surface area contributed by atoms with E-state index in [1.165, 1.54) is 0 Å². The number of carbonyl (C=O) groups is 2. The van der Waals surface area contributed by atoms with Gasteiger partial charge >= 0.3 is 0 Å². The summed E-state index contributed by atoms with van der Waals surface area (Å²) >= 11 is 5.79. The maximum absolute atomic E-state index is 11.8. The first-order valence-corrected chi connectivity index (χ1v) is 7.39. The molecule has 0 fully saturated rings. The SMILES string of the molecule is COc1cccc(NC(=O)CC(=O)NCc2ccc(Cl)cc2)c1. The van der Waals surface area contributed by atoms with Gasteiger partial charge in [-0.05, 0) is 29.8 Å². The largest absolute Gasteiger partial charge is 0.497 e. The van der Waals surface area contributed by atoms with Gasteiger partial charge in [0.2, 0.25) is 11.8 Å². The zero-order chi connectivity index (χ0) is 16.7. The van der Waals surface area contributed by atoms with E-state index in [1.54, 1.807) is 43.5 Å². The molecule has 0 aromatic heterocycles. The van der Waals surface area contributed by atoms with Gasteiger partial charge < -0.3 is 15.4 Å². The predicted octanol–water partition coefficient (Wildman–Crippen LogP) is 2.99. The van der Waals surface area contributed by atoms with Crippen molar-refractivity contribution in [2.45, 2.75) is 13.0 Å². The topological polar surface area (TPSA) is 67.4 Å². The molecule has 0 atom stereocenters. The molecule has 2 aromatic rings. The minimum Gasteiger partial charge on any atom is -0.497 e. The summed E-state index contributed by atoms with van der Waals surface area (Å²) in [5.41, 5.74) is 1.50. The summed E-state index contributed by atoms with van der Waals surface area (Å²) in [6.45, 7) is 0.350. The second-order valence-electron chi connectivity index (χ2n) is 4.86. The van der Waals surface area contributed by atoms with Crippen LogP contribution in [-0.2, 0) is 16.1 Å². The summed E-state index contributed by atoms with van der Waals surface area (Å²) < 4.78 is 5.07. The number of ether oxygens (including phenoxy) is 1. The molecule has 6 heteroatoms. The van der Waals surface area contributed by atoms with Gasteiger partial charge in [-0.3, -0.25) is 9.59 Å². The normalized spacial score (nSPS) is 10.0. The van der Waals surface area contributed by atoms with E-state index in [0.29, 0.717) is 23.0 Å². The highest BCUT2D eigenvalue weighted by molar-refractivity contribution is 6.30. The quantitative estimate of drug-likeness (QED) is 0.799. The van der Waals surface area contributed by atoms with Crippen LogP contribution in [0.5, 0.6) is 5.75 Å². The van der Waals surface area contributed by atoms with E-state index in [0.717, 1.165) is 5.56 Å². The summed E-state index contributed by atoms with van der Waals surface area (Å²) in [6.07, 6.45) is -0.245. The number of nitrogens with one attached hydrogen (secondary N) is 2. The molecule has 0 saturated carbocycles. The monoisotopic (exact) mass is 332 g/mol. The first-order chi connectivity index (χ1) is 11.1. The van der Waals surface area contributed by atoms with E-state index in [9.17, 15) is 9.59 Å². The van der Waals surface area contributed by atoms with E-state index < -0.39 is 0 Å². The van der Waals surface area contributed by atoms with Gasteiger partial charge in [-0.2, -0.15) is 0 Å². The van der Waals surface area contributed by atoms with Crippen molar-refractivity contribution in [3.63, 3.8) is 0 Å². The summed E-state index contributed by atoms with van der Waals surface area (Å²) in [4.78, 5) is 23.6. The zero-order valence-electron chi connectivity index (χ0n) is 12.6. The van der Waals surface area contributed by atoms with E-state index in [1.807, 2.05) is 12.1 Å². The average Bonchev–Trinajstić information content (AvgIpc) is 2.54. The molecule has 0 aliphatic heterocycles. The van der Waals surface area contributed by atoms with Gasteiger partial charge in [0.15, 0.2) is 0 Å². The maximum atomic E-state index is 11.8. The van der Waals surface area contributed by atoms with E-state index in [2.05, 4.69) is 10.6 Å². The van der Waals surface area contributed by atoms with Crippen molar-refractivity contribution in [3.05, 3.63) is 59.1 Å². The minimum atomic E-state index is -0.383. The van der Waals surface area contributed by atoms with Crippen LogP contribution < -0.4 is 15.4 Å². The van der Waals surface area contributed by atoms with Crippen LogP contribution >= 0.6 is 11.6 Å². The molecule has 0 bridgehead atoms. The molecule has 23 heavy (non-hydrogen) atoms. The molecule has 2 aromatic carbocycles. The number of amides is 2. The third-order valence-corrected chi connectivity index (χ3v) is 3.33. The highest BCUT2D eigenvalue weighted by Gasteiger charge is 2.10. The lowest BCUT2D eigenvalue weighted by Crippen LogP contribution is -2.27. The van der Waals surface area contributed by atoms with Crippen molar-refractivity contribution in [1.29, 1.82) is 0 Å². The second-order valence-corrected chi connectivity index (χ2v) is 5.30. The van der Waals surface area contributed by atoms with Crippen LogP contribution in [0.3, 0.4) is 0 Å². The van der Waals surface area contributed by atoms with Gasteiger partial charge in [0.1, 0.15) is 12.2 Å². The number of methoxy groups -OCH3 is 1. The molecule has 2 rings (SSSR count). The average molecular weight is 333 g/mol. The molecule has 5 nitrogen and oxygen atoms in total. The number of halogens is 1. The first kappa shape index (κ1) is 16.8. The minimum absolute atomic E-state index is 0.245. The van der Waals surface area contributed by atoms with Gasteiger partial charge in [-0.1, -0.05) is 29.8 Å². The van der Waals surface area contributed by atoms with Crippen LogP contribution in [-0.4, -0.2) is 18.9 Å². The van der Waals surface area contributed by atoms with Gasteiger partial charge in [-0.25, -0.2) is 0 Å². The lowest BCUT2D eigenvalue weighted by atomic mass is 10.2. The van der Waals surface area contributed by atoms with Crippen LogP contribution in [0.4, 0.5) is 5.69 Å². The Morgan fingerprint density at radius 2 is 1.83 bits per heavy atom. The summed E-state index contributed by atoms with van der Waals surface area (Å²) in [7, 11) is 1.55. The van der Waals surface area contributed by atoms with Gasteiger partial charge in [-0.15, -0.1) is 0 Å². The van der Waals surface area contributed by atoms with Gasteiger partial charge in [0, 0.05) is 23.3 Å². The third kappa shape index (κ3) is 5.64. The fraction of sp³-hybridized carbons (Fsp3) is 0.176. The molecule has 2 N–H and O–H groups in total. The third-order valence-electron chi connectivity index (χ3n) is 3.08. The van der Waals surface area contributed by atoms with Crippen molar-refractivity contribution in [1.82, 2.24) is 5.32 Å². The van der Waals surface area contributed by atoms with Gasteiger partial charge in [0.05, 0.1) is 7.11 Å². The van der Waals surface area contributed by atoms with Crippen LogP contribution in [0.25, 0.3) is 0 Å². The molecule has 0 saturated heterocycles. The number of benzene rings is 2. The van der Waals surface area contributed by atoms with Crippen molar-refractivity contribution in [3.8, 4) is 5.75 Å². The number of hydrogen-bond acceptors (Lipinski definition) is 3. The van der Waals surface area contributed by atoms with Crippen LogP contribution in [0.15, 0.2) is 48.5 Å². The highest BCUT2D eigenvalue weighted by atomic mass is 35.5. The molecule has 120 valence electrons. The Bertz CT molecular complexity index is 686. The number of carbonyl (C=O) groups excluding carboxylic acids is 2. The molecule has 0 radical (unpaired) electrons. The molecular formula is C17H17ClN2O3. The number of anilines is 1. The maximum Gasteiger partial charge on any atom is 0.233 e. The fourth-order valence-electron chi connectivity index (χ4n) is 1.92. The number of hydrogen-bond donors (Lipinski definition) is 2. The fourth-order valence-corrected chi connectivity index (χ4v) is 2.04. The Hall–Kier alpha value is -2.53. The van der Waals surface area contributed by atoms with Crippen LogP contribution in [0, 0.1) is 0 Å². The Balaban J connectivity index is 1.80. The zero-order valence-corrected chi connectivity index (χ0v) is 13.4. The van der Waals surface area contributed by atoms with Crippen molar-refractivity contribution < 1.29 is 14.3 Å². The van der Waals surface area contributed by atoms with E-state index >= 15 is 0 Å². The Morgan fingerprint density at radius 3 is 2.52 bits per heavy atom. The molecule has 2 amide bonds. The Morgan fingerprint density at radius 1 is 1.09 bits per heavy atom. The Kier molecular flexibility index (Phi) is 6.00. The second kappa shape index (κ2) is 8.19. The summed E-state index contributed by atoms with van der Waals surface area (Å²) in [5.74, 6) is -0.0952. The summed E-state index contributed by atoms with van der Waals surface area (Å²) in [6, 6.07) is 14.1. The van der Waals surface area contributed by atoms with Crippen molar-refractivity contribution >= 4 is 29.1 Å². The smallest absolute Gasteiger partial charge is 0.233 e. The van der Waals surface area contributed by atoms with Crippen LogP contribution in [0.2, 0.25) is 5.02 Å². The van der Waals surface area contributed by atoms with Gasteiger partial charge in [0.25, 0.3) is 0 Å². The lowest BCUT2D eigenvalue weighted by Gasteiger charge is -2.08. The number of rotatable bonds is 6. The standard InChI is InChI=1S/C17H17ClN2O3/c1-23-15-4-2-3-14(9-15)20-17(22)10-16(21)19-11-12-5-7-13(18)8-6-12/h2-9H,10-11H2,1H3,(H,19,21)(H,20,22). The van der Waals surface area contributed by atoms with E-state index in [-0.39, 0.29) is 18.2 Å². The Labute approximate surface area is 139 Å². The summed E-state index contributed by atoms with van der Waals surface area (Å²) in [5, 5.41) is 5.98. The van der Waals surface area contributed by atoms with Crippen molar-refractivity contribution in [2.24, 2.45) is 0 Å². The molecule has 0 heterocycles. The highest BCUT2D eigenvalue weighted by Crippen LogP contribution is 2.16. The van der Waals surface area contributed by atoms with Crippen LogP contribution in [0.1, 0.15) is 12.0 Å². The molecule has 0 unspecified atom stereocenters. The molecular weight excluding hydrogens is 316 g/mol.